The fraction of sp³-hybridized carbons (Fsp3) is 0.412. The Balaban J connectivity index is 1.40. The van der Waals surface area contributed by atoms with Crippen LogP contribution in [-0.2, 0) is 25.4 Å². The Morgan fingerprint density at radius 3 is 2.42 bits per heavy atom. The molecule has 16 heteroatoms. The number of amides is 1. The third-order valence-corrected chi connectivity index (χ3v) is 15.2. The number of benzene rings is 1. The van der Waals surface area contributed by atoms with E-state index in [2.05, 4.69) is 30.7 Å². The van der Waals surface area contributed by atoms with Gasteiger partial charge >= 0.3 is 5.97 Å². The molecule has 1 fully saturated rings. The summed E-state index contributed by atoms with van der Waals surface area (Å²) in [6, 6.07) is 7.68. The Hall–Kier alpha value is -4.64. The summed E-state index contributed by atoms with van der Waals surface area (Å²) in [6.07, 6.45) is 3.33. The molecule has 4 heterocycles. The standard InChI is InChI=1S/C34H39N5O9SSi/c1-19(28(40)24-16-37-18-36-26(32(37)49-24)29(41)22-9-8-14-35-15-22)27-25(20(2)48-50(6,7)34(3,4)5)30(42)38(27)31(43)33(44)47-17-21-10-12-23(13-11-21)39(45)46/h8-16,18-20,25,27,31,43H,17H2,1-7H3/t19-,20?,25-,27-,31?/m1/s1. The molecule has 1 aliphatic rings. The molecule has 0 bridgehead atoms. The highest BCUT2D eigenvalue weighted by molar-refractivity contribution is 7.19. The molecule has 1 amide bonds. The number of aliphatic hydroxyl groups is 1. The lowest BCUT2D eigenvalue weighted by Crippen LogP contribution is -2.72. The number of hydrogen-bond donors (Lipinski definition) is 1. The summed E-state index contributed by atoms with van der Waals surface area (Å²) < 4.78 is 13.4. The van der Waals surface area contributed by atoms with Gasteiger partial charge in [0, 0.05) is 42.2 Å². The number of nitro benzene ring substituents is 1. The maximum Gasteiger partial charge on any atom is 0.356 e. The van der Waals surface area contributed by atoms with Gasteiger partial charge in [0.25, 0.3) is 5.69 Å². The number of pyridine rings is 1. The van der Waals surface area contributed by atoms with Gasteiger partial charge in [0.05, 0.1) is 27.9 Å². The monoisotopic (exact) mass is 721 g/mol. The van der Waals surface area contributed by atoms with Gasteiger partial charge in [-0.15, -0.1) is 11.3 Å². The molecule has 0 aliphatic carbocycles. The fourth-order valence-electron chi connectivity index (χ4n) is 5.72. The van der Waals surface area contributed by atoms with E-state index >= 15 is 0 Å². The number of carbonyl (C=O) groups excluding carboxylic acids is 4. The SMILES string of the molecule is CC(O[Si](C)(C)C(C)(C)C)[C@H]1C(=O)N(C(O)C(=O)OCc2ccc([N+](=O)[O-])cc2)[C@@H]1[C@@H](C)C(=O)c1cn2cnc(C(=O)c3cccnc3)c2s1. The van der Waals surface area contributed by atoms with Crippen molar-refractivity contribution in [3.8, 4) is 0 Å². The average molecular weight is 722 g/mol. The Morgan fingerprint density at radius 2 is 1.82 bits per heavy atom. The van der Waals surface area contributed by atoms with E-state index in [9.17, 15) is 34.4 Å². The van der Waals surface area contributed by atoms with Crippen molar-refractivity contribution in [2.75, 3.05) is 0 Å². The molecule has 1 aromatic carbocycles. The number of aromatic nitrogens is 3. The van der Waals surface area contributed by atoms with Crippen LogP contribution in [0.1, 0.15) is 65.9 Å². The molecule has 4 aromatic rings. The van der Waals surface area contributed by atoms with Crippen molar-refractivity contribution in [2.45, 2.75) is 77.7 Å². The number of fused-ring (bicyclic) bond motifs is 1. The zero-order valence-electron chi connectivity index (χ0n) is 28.7. The third kappa shape index (κ3) is 7.01. The van der Waals surface area contributed by atoms with Crippen molar-refractivity contribution < 1.29 is 38.4 Å². The van der Waals surface area contributed by atoms with Crippen LogP contribution in [0.2, 0.25) is 18.1 Å². The number of β-lactam (4-membered cyclic amide) rings is 1. The molecule has 50 heavy (non-hydrogen) atoms. The number of non-ortho nitro benzene ring substituents is 1. The van der Waals surface area contributed by atoms with E-state index in [0.29, 0.717) is 20.8 Å². The van der Waals surface area contributed by atoms with Gasteiger partial charge < -0.3 is 19.2 Å². The van der Waals surface area contributed by atoms with Crippen molar-refractivity contribution in [1.29, 1.82) is 0 Å². The number of hydrogen-bond acceptors (Lipinski definition) is 12. The number of Topliss-reactive ketones (excluding diaryl/α,β-unsaturated/α-hetero) is 1. The van der Waals surface area contributed by atoms with Gasteiger partial charge in [-0.2, -0.15) is 0 Å². The van der Waals surface area contributed by atoms with E-state index in [1.54, 1.807) is 42.8 Å². The maximum atomic E-state index is 14.1. The predicted molar refractivity (Wildman–Crippen MR) is 185 cm³/mol. The summed E-state index contributed by atoms with van der Waals surface area (Å²) in [5, 5.41) is 22.0. The van der Waals surface area contributed by atoms with E-state index in [-0.39, 0.29) is 34.6 Å². The Labute approximate surface area is 293 Å². The Morgan fingerprint density at radius 1 is 1.14 bits per heavy atom. The quantitative estimate of drug-likeness (QED) is 0.0487. The Bertz CT molecular complexity index is 1940. The molecule has 0 radical (unpaired) electrons. The predicted octanol–water partition coefficient (Wildman–Crippen LogP) is 5.05. The first-order valence-corrected chi connectivity index (χ1v) is 19.7. The van der Waals surface area contributed by atoms with E-state index < -0.39 is 55.3 Å². The smallest absolute Gasteiger partial charge is 0.356 e. The summed E-state index contributed by atoms with van der Waals surface area (Å²) in [5.74, 6) is -4.15. The molecule has 264 valence electrons. The molecule has 3 aromatic heterocycles. The Kier molecular flexibility index (Phi) is 10.2. The minimum absolute atomic E-state index is 0.135. The first-order valence-electron chi connectivity index (χ1n) is 16.0. The molecule has 14 nitrogen and oxygen atoms in total. The van der Waals surface area contributed by atoms with Gasteiger partial charge in [-0.3, -0.25) is 33.9 Å². The number of esters is 1. The molecule has 1 saturated heterocycles. The largest absolute Gasteiger partial charge is 0.457 e. The molecule has 5 atom stereocenters. The van der Waals surface area contributed by atoms with Gasteiger partial charge in [0.2, 0.25) is 17.9 Å². The normalized spacial score (nSPS) is 18.3. The molecule has 0 spiro atoms. The number of thiazole rings is 1. The first-order chi connectivity index (χ1) is 23.4. The number of aliphatic hydroxyl groups excluding tert-OH is 1. The maximum absolute atomic E-state index is 14.1. The number of nitro groups is 1. The summed E-state index contributed by atoms with van der Waals surface area (Å²) >= 11 is 1.08. The van der Waals surface area contributed by atoms with Gasteiger partial charge in [-0.05, 0) is 54.9 Å². The highest BCUT2D eigenvalue weighted by atomic mass is 32.1. The third-order valence-electron chi connectivity index (χ3n) is 9.54. The van der Waals surface area contributed by atoms with Gasteiger partial charge in [-0.25, -0.2) is 9.78 Å². The van der Waals surface area contributed by atoms with E-state index in [1.165, 1.54) is 36.8 Å². The lowest BCUT2D eigenvalue weighted by atomic mass is 9.74. The van der Waals surface area contributed by atoms with Gasteiger partial charge in [0.15, 0.2) is 14.1 Å². The second-order valence-electron chi connectivity index (χ2n) is 13.9. The minimum atomic E-state index is -2.39. The van der Waals surface area contributed by atoms with Crippen LogP contribution in [-0.4, -0.2) is 79.4 Å². The average Bonchev–Trinajstić information content (AvgIpc) is 3.66. The number of rotatable bonds is 13. The van der Waals surface area contributed by atoms with Gasteiger partial charge in [-0.1, -0.05) is 27.7 Å². The van der Waals surface area contributed by atoms with E-state index in [4.69, 9.17) is 9.16 Å². The second kappa shape index (κ2) is 13.9. The molecular formula is C34H39N5O9SSi. The van der Waals surface area contributed by atoms with Crippen molar-refractivity contribution in [2.24, 2.45) is 11.8 Å². The highest BCUT2D eigenvalue weighted by Gasteiger charge is 2.58. The summed E-state index contributed by atoms with van der Waals surface area (Å²) in [5.41, 5.74) is 0.809. The van der Waals surface area contributed by atoms with Crippen molar-refractivity contribution in [3.05, 3.63) is 93.1 Å². The molecule has 2 unspecified atom stereocenters. The minimum Gasteiger partial charge on any atom is -0.457 e. The van der Waals surface area contributed by atoms with Crippen LogP contribution in [0.25, 0.3) is 4.83 Å². The van der Waals surface area contributed by atoms with E-state index in [1.807, 2.05) is 13.1 Å². The van der Waals surface area contributed by atoms with Crippen LogP contribution in [0.15, 0.2) is 61.3 Å². The number of carbonyl (C=O) groups is 4. The van der Waals surface area contributed by atoms with Crippen LogP contribution in [0.5, 0.6) is 0 Å². The lowest BCUT2D eigenvalue weighted by Gasteiger charge is -2.53. The molecule has 5 rings (SSSR count). The van der Waals surface area contributed by atoms with Gasteiger partial charge in [0.1, 0.15) is 23.5 Å². The molecule has 1 N–H and O–H groups in total. The summed E-state index contributed by atoms with van der Waals surface area (Å²) in [4.78, 5) is 74.5. The summed E-state index contributed by atoms with van der Waals surface area (Å²) in [7, 11) is -2.39. The van der Waals surface area contributed by atoms with E-state index in [0.717, 1.165) is 16.2 Å². The van der Waals surface area contributed by atoms with Crippen LogP contribution in [0.4, 0.5) is 5.69 Å². The first kappa shape index (κ1) is 36.6. The zero-order chi connectivity index (χ0) is 36.7. The zero-order valence-corrected chi connectivity index (χ0v) is 30.5. The van der Waals surface area contributed by atoms with Crippen LogP contribution < -0.4 is 0 Å². The number of ether oxygens (including phenoxy) is 1. The van der Waals surface area contributed by atoms with Crippen molar-refractivity contribution in [1.82, 2.24) is 19.3 Å². The summed E-state index contributed by atoms with van der Waals surface area (Å²) in [6.45, 7) is 13.4. The highest BCUT2D eigenvalue weighted by Crippen LogP contribution is 2.43. The van der Waals surface area contributed by atoms with Crippen molar-refractivity contribution >= 4 is 53.6 Å². The lowest BCUT2D eigenvalue weighted by molar-refractivity contribution is -0.384. The second-order valence-corrected chi connectivity index (χ2v) is 19.7. The number of ketones is 2. The van der Waals surface area contributed by atoms with Crippen molar-refractivity contribution in [3.63, 3.8) is 0 Å². The van der Waals surface area contributed by atoms with Crippen LogP contribution in [0.3, 0.4) is 0 Å². The molecular weight excluding hydrogens is 683 g/mol. The van der Waals surface area contributed by atoms with Crippen LogP contribution in [0, 0.1) is 22.0 Å². The number of imidazole rings is 1. The number of likely N-dealkylation sites (tertiary alicyclic amines) is 1. The van der Waals surface area contributed by atoms with Crippen LogP contribution >= 0.6 is 11.3 Å². The molecule has 0 saturated carbocycles. The fourth-order valence-corrected chi connectivity index (χ4v) is 8.26. The number of nitrogens with zero attached hydrogens (tertiary/aromatic N) is 5. The topological polar surface area (TPSA) is 184 Å². The molecule has 1 aliphatic heterocycles.